The summed E-state index contributed by atoms with van der Waals surface area (Å²) in [5.41, 5.74) is 8.37. The summed E-state index contributed by atoms with van der Waals surface area (Å²) in [6.07, 6.45) is 1.28. The zero-order valence-corrected chi connectivity index (χ0v) is 10.0. The number of carbonyl (C=O) groups is 1. The Morgan fingerprint density at radius 3 is 2.84 bits per heavy atom. The molecule has 0 aliphatic carbocycles. The predicted octanol–water partition coefficient (Wildman–Crippen LogP) is 2.46. The molecule has 0 amide bonds. The molecule has 0 bridgehead atoms. The van der Waals surface area contributed by atoms with Gasteiger partial charge in [0.15, 0.2) is 0 Å². The van der Waals surface area contributed by atoms with Gasteiger partial charge in [0.2, 0.25) is 0 Å². The number of azide groups is 1. The van der Waals surface area contributed by atoms with Gasteiger partial charge in [-0.05, 0) is 17.7 Å². The van der Waals surface area contributed by atoms with Gasteiger partial charge < -0.3 is 4.74 Å². The Bertz CT molecular complexity index is 576. The first-order valence-electron chi connectivity index (χ1n) is 5.13. The van der Waals surface area contributed by atoms with Crippen molar-refractivity contribution in [3.63, 3.8) is 0 Å². The molecule has 0 saturated carbocycles. The van der Waals surface area contributed by atoms with E-state index in [1.807, 2.05) is 0 Å². The number of esters is 1. The molecule has 0 saturated heterocycles. The average Bonchev–Trinajstić information content (AvgIpc) is 2.42. The molecular formula is C11H10N4O4. The van der Waals surface area contributed by atoms with Crippen molar-refractivity contribution < 1.29 is 14.5 Å². The molecule has 98 valence electrons. The molecule has 1 aromatic rings. The van der Waals surface area contributed by atoms with E-state index < -0.39 is 10.9 Å². The van der Waals surface area contributed by atoms with E-state index in [4.69, 9.17) is 5.53 Å². The summed E-state index contributed by atoms with van der Waals surface area (Å²) < 4.78 is 4.52. The van der Waals surface area contributed by atoms with Crippen LogP contribution in [0.4, 0.5) is 5.69 Å². The number of benzene rings is 1. The maximum Gasteiger partial charge on any atom is 0.333 e. The Balaban J connectivity index is 3.24. The number of rotatable bonds is 5. The summed E-state index contributed by atoms with van der Waals surface area (Å²) >= 11 is 0. The van der Waals surface area contributed by atoms with Gasteiger partial charge in [0.1, 0.15) is 0 Å². The van der Waals surface area contributed by atoms with Crippen molar-refractivity contribution in [3.8, 4) is 0 Å². The van der Waals surface area contributed by atoms with Gasteiger partial charge in [-0.3, -0.25) is 10.1 Å². The molecule has 0 heterocycles. The van der Waals surface area contributed by atoms with E-state index in [2.05, 4.69) is 14.8 Å². The Morgan fingerprint density at radius 1 is 1.58 bits per heavy atom. The van der Waals surface area contributed by atoms with Gasteiger partial charge in [0, 0.05) is 16.6 Å². The monoisotopic (exact) mass is 262 g/mol. The van der Waals surface area contributed by atoms with E-state index in [1.54, 1.807) is 6.07 Å². The molecule has 0 atom stereocenters. The van der Waals surface area contributed by atoms with Crippen LogP contribution in [0.15, 0.2) is 35.0 Å². The summed E-state index contributed by atoms with van der Waals surface area (Å²) in [5, 5.41) is 14.1. The maximum atomic E-state index is 11.5. The van der Waals surface area contributed by atoms with Crippen molar-refractivity contribution in [2.45, 2.75) is 0 Å². The van der Waals surface area contributed by atoms with Gasteiger partial charge in [0.05, 0.1) is 24.1 Å². The first-order chi connectivity index (χ1) is 9.10. The smallest absolute Gasteiger partial charge is 0.333 e. The van der Waals surface area contributed by atoms with Crippen molar-refractivity contribution in [2.24, 2.45) is 5.11 Å². The Labute approximate surface area is 108 Å². The number of nitro benzene ring substituents is 1. The van der Waals surface area contributed by atoms with E-state index in [9.17, 15) is 14.9 Å². The fourth-order valence-electron chi connectivity index (χ4n) is 1.37. The number of hydrogen-bond acceptors (Lipinski definition) is 5. The fourth-order valence-corrected chi connectivity index (χ4v) is 1.37. The molecule has 0 aliphatic heterocycles. The molecular weight excluding hydrogens is 252 g/mol. The fraction of sp³-hybridized carbons (Fsp3) is 0.182. The second-order valence-corrected chi connectivity index (χ2v) is 3.37. The zero-order valence-electron chi connectivity index (χ0n) is 10.0. The van der Waals surface area contributed by atoms with E-state index in [-0.39, 0.29) is 23.4 Å². The molecule has 0 aliphatic rings. The van der Waals surface area contributed by atoms with Crippen LogP contribution in [0, 0.1) is 10.1 Å². The number of carbonyl (C=O) groups excluding carboxylic acids is 1. The van der Waals surface area contributed by atoms with Crippen LogP contribution in [-0.2, 0) is 9.53 Å². The first-order valence-corrected chi connectivity index (χ1v) is 5.13. The van der Waals surface area contributed by atoms with Crippen LogP contribution in [0.1, 0.15) is 5.56 Å². The minimum atomic E-state index is -0.703. The lowest BCUT2D eigenvalue weighted by molar-refractivity contribution is -0.385. The summed E-state index contributed by atoms with van der Waals surface area (Å²) in [6.45, 7) is -0.241. The van der Waals surface area contributed by atoms with Gasteiger partial charge in [-0.15, -0.1) is 0 Å². The molecule has 0 unspecified atom stereocenters. The van der Waals surface area contributed by atoms with Gasteiger partial charge in [-0.25, -0.2) is 4.79 Å². The Morgan fingerprint density at radius 2 is 2.26 bits per heavy atom. The summed E-state index contributed by atoms with van der Waals surface area (Å²) in [7, 11) is 1.17. The number of hydrogen-bond donors (Lipinski definition) is 0. The predicted molar refractivity (Wildman–Crippen MR) is 67.1 cm³/mol. The number of nitro groups is 1. The summed E-state index contributed by atoms with van der Waals surface area (Å²) in [6, 6.07) is 5.91. The summed E-state index contributed by atoms with van der Waals surface area (Å²) in [5.74, 6) is -0.703. The van der Waals surface area contributed by atoms with Crippen LogP contribution in [-0.4, -0.2) is 24.5 Å². The maximum absolute atomic E-state index is 11.5. The van der Waals surface area contributed by atoms with Gasteiger partial charge in [-0.1, -0.05) is 17.2 Å². The molecule has 0 fully saturated rings. The number of methoxy groups -OCH3 is 1. The quantitative estimate of drug-likeness (QED) is 0.154. The second kappa shape index (κ2) is 6.77. The van der Waals surface area contributed by atoms with Crippen LogP contribution in [0.3, 0.4) is 0 Å². The lowest BCUT2D eigenvalue weighted by Gasteiger charge is -2.02. The number of nitrogens with zero attached hydrogens (tertiary/aromatic N) is 4. The van der Waals surface area contributed by atoms with Crippen LogP contribution < -0.4 is 0 Å². The topological polar surface area (TPSA) is 118 Å². The molecule has 8 nitrogen and oxygen atoms in total. The lowest BCUT2D eigenvalue weighted by atomic mass is 10.1. The van der Waals surface area contributed by atoms with Crippen molar-refractivity contribution >= 4 is 17.7 Å². The lowest BCUT2D eigenvalue weighted by Crippen LogP contribution is -2.07. The minimum absolute atomic E-state index is 0.0367. The van der Waals surface area contributed by atoms with Gasteiger partial charge in [-0.2, -0.15) is 0 Å². The Kier molecular flexibility index (Phi) is 5.06. The molecule has 1 rings (SSSR count). The third-order valence-corrected chi connectivity index (χ3v) is 2.22. The highest BCUT2D eigenvalue weighted by Gasteiger charge is 2.14. The highest BCUT2D eigenvalue weighted by Crippen LogP contribution is 2.21. The molecule has 19 heavy (non-hydrogen) atoms. The third-order valence-electron chi connectivity index (χ3n) is 2.22. The van der Waals surface area contributed by atoms with Crippen LogP contribution in [0.5, 0.6) is 0 Å². The normalized spacial score (nSPS) is 10.5. The second-order valence-electron chi connectivity index (χ2n) is 3.37. The highest BCUT2D eigenvalue weighted by atomic mass is 16.6. The number of para-hydroxylation sites is 1. The molecule has 1 aromatic carbocycles. The number of ether oxygens (including phenoxy) is 1. The van der Waals surface area contributed by atoms with Gasteiger partial charge in [0.25, 0.3) is 5.69 Å². The van der Waals surface area contributed by atoms with Gasteiger partial charge >= 0.3 is 5.97 Å². The standard InChI is InChI=1S/C11H10N4O4/c1-19-11(16)9(7-13-14-12)6-8-4-2-3-5-10(8)15(17)18/h2-6H,7H2,1H3/b9-6+. The van der Waals surface area contributed by atoms with E-state index >= 15 is 0 Å². The van der Waals surface area contributed by atoms with Crippen LogP contribution in [0.2, 0.25) is 0 Å². The minimum Gasteiger partial charge on any atom is -0.466 e. The summed E-state index contributed by atoms with van der Waals surface area (Å²) in [4.78, 5) is 24.3. The van der Waals surface area contributed by atoms with Crippen molar-refractivity contribution in [1.29, 1.82) is 0 Å². The molecule has 0 aromatic heterocycles. The largest absolute Gasteiger partial charge is 0.466 e. The van der Waals surface area contributed by atoms with Crippen LogP contribution in [0.25, 0.3) is 16.5 Å². The van der Waals surface area contributed by atoms with E-state index in [1.165, 1.54) is 31.4 Å². The Hall–Kier alpha value is -2.86. The first kappa shape index (κ1) is 14.2. The molecule has 0 spiro atoms. The third kappa shape index (κ3) is 3.83. The zero-order chi connectivity index (χ0) is 14.3. The van der Waals surface area contributed by atoms with Crippen LogP contribution >= 0.6 is 0 Å². The SMILES string of the molecule is COC(=O)/C(=C/c1ccccc1[N+](=O)[O-])CN=[N+]=[N-]. The van der Waals surface area contributed by atoms with E-state index in [0.29, 0.717) is 0 Å². The van der Waals surface area contributed by atoms with Crippen molar-refractivity contribution in [2.75, 3.05) is 13.7 Å². The highest BCUT2D eigenvalue weighted by molar-refractivity contribution is 5.94. The molecule has 8 heteroatoms. The molecule has 0 N–H and O–H groups in total. The van der Waals surface area contributed by atoms with E-state index in [0.717, 1.165) is 0 Å². The van der Waals surface area contributed by atoms with Crippen molar-refractivity contribution in [1.82, 2.24) is 0 Å². The molecule has 0 radical (unpaired) electrons. The van der Waals surface area contributed by atoms with Crippen molar-refractivity contribution in [3.05, 3.63) is 56.0 Å². The average molecular weight is 262 g/mol.